The van der Waals surface area contributed by atoms with Crippen molar-refractivity contribution in [2.75, 3.05) is 12.0 Å². The van der Waals surface area contributed by atoms with E-state index in [4.69, 9.17) is 23.8 Å². The number of carbonyl (C=O) groups excluding carboxylic acids is 3. The third-order valence-corrected chi connectivity index (χ3v) is 4.46. The number of nitrogens with one attached hydrogen (secondary N) is 1. The average molecular weight is 416 g/mol. The number of nitrogens with zero attached hydrogens (tertiary/aromatic N) is 2. The van der Waals surface area contributed by atoms with Gasteiger partial charge in [-0.3, -0.25) is 19.5 Å². The molecule has 1 aliphatic rings. The van der Waals surface area contributed by atoms with Crippen LogP contribution in [0.4, 0.5) is 11.4 Å². The van der Waals surface area contributed by atoms with Gasteiger partial charge in [0.25, 0.3) is 5.91 Å². The monoisotopic (exact) mass is 415 g/mol. The first-order chi connectivity index (χ1) is 13.4. The lowest BCUT2D eigenvalue weighted by Gasteiger charge is -2.30. The summed E-state index contributed by atoms with van der Waals surface area (Å²) in [6.07, 6.45) is 1.22. The van der Waals surface area contributed by atoms with Crippen molar-refractivity contribution in [3.63, 3.8) is 0 Å². The number of amides is 2. The lowest BCUT2D eigenvalue weighted by Crippen LogP contribution is -2.58. The lowest BCUT2D eigenvalue weighted by atomic mass is 10.1. The molecule has 1 atom stereocenters. The second kappa shape index (κ2) is 8.28. The molecule has 0 bridgehead atoms. The molecule has 2 aromatic carbocycles. The Morgan fingerprint density at radius 1 is 1.25 bits per heavy atom. The zero-order valence-electron chi connectivity index (χ0n) is 14.6. The van der Waals surface area contributed by atoms with Gasteiger partial charge in [-0.15, -0.1) is 0 Å². The van der Waals surface area contributed by atoms with Gasteiger partial charge in [-0.05, 0) is 54.7 Å². The van der Waals surface area contributed by atoms with Crippen molar-refractivity contribution in [3.8, 4) is 0 Å². The lowest BCUT2D eigenvalue weighted by molar-refractivity contribution is -0.130. The summed E-state index contributed by atoms with van der Waals surface area (Å²) in [6, 6.07) is 12.8. The zero-order chi connectivity index (χ0) is 20.3. The van der Waals surface area contributed by atoms with Crippen LogP contribution in [0.3, 0.4) is 0 Å². The van der Waals surface area contributed by atoms with Gasteiger partial charge < -0.3 is 10.1 Å². The minimum Gasteiger partial charge on any atom is -0.465 e. The molecule has 0 saturated carbocycles. The number of methoxy groups -OCH3 is 1. The number of esters is 1. The number of carbonyl (C=O) groups is 3. The highest BCUT2D eigenvalue weighted by Crippen LogP contribution is 2.23. The van der Waals surface area contributed by atoms with Crippen LogP contribution in [0.25, 0.3) is 0 Å². The van der Waals surface area contributed by atoms with Crippen LogP contribution in [0, 0.1) is 5.92 Å². The average Bonchev–Trinajstić information content (AvgIpc) is 2.68. The maximum atomic E-state index is 12.9. The first kappa shape index (κ1) is 19.7. The highest BCUT2D eigenvalue weighted by molar-refractivity contribution is 7.80. The number of benzene rings is 2. The predicted octanol–water partition coefficient (Wildman–Crippen LogP) is 2.89. The van der Waals surface area contributed by atoms with Gasteiger partial charge >= 0.3 is 5.97 Å². The Balaban J connectivity index is 1.86. The Bertz CT molecular complexity index is 991. The van der Waals surface area contributed by atoms with Crippen LogP contribution in [-0.4, -0.2) is 36.2 Å². The van der Waals surface area contributed by atoms with Crippen LogP contribution in [-0.2, 0) is 14.3 Å². The largest absolute Gasteiger partial charge is 0.465 e. The summed E-state index contributed by atoms with van der Waals surface area (Å²) in [5.74, 6) is -2.80. The molecule has 7 nitrogen and oxygen atoms in total. The number of anilines is 1. The van der Waals surface area contributed by atoms with E-state index in [0.717, 1.165) is 0 Å². The fraction of sp³-hybridized carbons (Fsp3) is 0.105. The van der Waals surface area contributed by atoms with Crippen molar-refractivity contribution in [2.24, 2.45) is 10.9 Å². The van der Waals surface area contributed by atoms with Crippen molar-refractivity contribution in [3.05, 3.63) is 59.1 Å². The summed E-state index contributed by atoms with van der Waals surface area (Å²) in [6.45, 7) is 0. The zero-order valence-corrected chi connectivity index (χ0v) is 16.2. The fourth-order valence-corrected chi connectivity index (χ4v) is 2.97. The maximum Gasteiger partial charge on any atom is 0.337 e. The van der Waals surface area contributed by atoms with Crippen LogP contribution < -0.4 is 10.2 Å². The van der Waals surface area contributed by atoms with Gasteiger partial charge in [0.2, 0.25) is 5.91 Å². The minimum absolute atomic E-state index is 0.0188. The molecule has 0 unspecified atom stereocenters. The number of halogens is 1. The molecule has 1 N–H and O–H groups in total. The van der Waals surface area contributed by atoms with Gasteiger partial charge in [0.05, 0.1) is 24.0 Å². The van der Waals surface area contributed by atoms with E-state index in [1.54, 1.807) is 42.5 Å². The van der Waals surface area contributed by atoms with E-state index in [0.29, 0.717) is 22.0 Å². The SMILES string of the molecule is COC(=O)c1cccc(N=C[C@@H]2C(=O)NC(=S)N(c3ccc(Cl)cc3)C2=O)c1. The molecule has 0 aromatic heterocycles. The predicted molar refractivity (Wildman–Crippen MR) is 109 cm³/mol. The summed E-state index contributed by atoms with van der Waals surface area (Å²) in [5, 5.41) is 2.98. The molecular weight excluding hydrogens is 402 g/mol. The molecule has 0 aliphatic carbocycles. The fourth-order valence-electron chi connectivity index (χ4n) is 2.55. The first-order valence-electron chi connectivity index (χ1n) is 8.07. The molecule has 28 heavy (non-hydrogen) atoms. The Labute approximate surface area is 171 Å². The Hall–Kier alpha value is -3.10. The van der Waals surface area contributed by atoms with Gasteiger partial charge in [-0.1, -0.05) is 17.7 Å². The number of ether oxygens (including phenoxy) is 1. The highest BCUT2D eigenvalue weighted by Gasteiger charge is 2.38. The van der Waals surface area contributed by atoms with E-state index >= 15 is 0 Å². The van der Waals surface area contributed by atoms with Crippen LogP contribution in [0.5, 0.6) is 0 Å². The number of hydrogen-bond acceptors (Lipinski definition) is 6. The van der Waals surface area contributed by atoms with Crippen LogP contribution in [0.1, 0.15) is 10.4 Å². The van der Waals surface area contributed by atoms with E-state index in [1.807, 2.05) is 0 Å². The Morgan fingerprint density at radius 3 is 2.64 bits per heavy atom. The van der Waals surface area contributed by atoms with E-state index in [-0.39, 0.29) is 5.11 Å². The van der Waals surface area contributed by atoms with E-state index in [2.05, 4.69) is 15.0 Å². The van der Waals surface area contributed by atoms with Gasteiger partial charge in [0, 0.05) is 11.2 Å². The quantitative estimate of drug-likeness (QED) is 0.359. The summed E-state index contributed by atoms with van der Waals surface area (Å²) >= 11 is 11.0. The van der Waals surface area contributed by atoms with Crippen LogP contribution >= 0.6 is 23.8 Å². The first-order valence-corrected chi connectivity index (χ1v) is 8.86. The smallest absolute Gasteiger partial charge is 0.337 e. The highest BCUT2D eigenvalue weighted by atomic mass is 35.5. The molecule has 1 saturated heterocycles. The van der Waals surface area contributed by atoms with Gasteiger partial charge in [-0.2, -0.15) is 0 Å². The minimum atomic E-state index is -1.18. The maximum absolute atomic E-state index is 12.9. The van der Waals surface area contributed by atoms with Crippen molar-refractivity contribution < 1.29 is 19.1 Å². The van der Waals surface area contributed by atoms with Crippen LogP contribution in [0.15, 0.2) is 53.5 Å². The second-order valence-corrected chi connectivity index (χ2v) is 6.57. The molecule has 1 heterocycles. The molecule has 9 heteroatoms. The summed E-state index contributed by atoms with van der Waals surface area (Å²) < 4.78 is 4.66. The standard InChI is InChI=1S/C19H14ClN3O4S/c1-27-18(26)11-3-2-4-13(9-11)21-10-15-16(24)22-19(28)23(17(15)25)14-7-5-12(20)6-8-14/h2-10,15H,1H3,(H,22,24,28)/t15-/m1/s1. The van der Waals surface area contributed by atoms with Crippen molar-refractivity contribution in [2.45, 2.75) is 0 Å². The molecule has 2 aromatic rings. The van der Waals surface area contributed by atoms with Crippen molar-refractivity contribution in [1.82, 2.24) is 5.32 Å². The summed E-state index contributed by atoms with van der Waals surface area (Å²) in [4.78, 5) is 42.1. The van der Waals surface area contributed by atoms with E-state index < -0.39 is 23.7 Å². The summed E-state index contributed by atoms with van der Waals surface area (Å²) in [5.41, 5.74) is 1.18. The number of hydrogen-bond donors (Lipinski definition) is 1. The Kier molecular flexibility index (Phi) is 5.81. The van der Waals surface area contributed by atoms with Gasteiger partial charge in [-0.25, -0.2) is 4.79 Å². The Morgan fingerprint density at radius 2 is 1.96 bits per heavy atom. The second-order valence-electron chi connectivity index (χ2n) is 5.74. The molecule has 1 fully saturated rings. The van der Waals surface area contributed by atoms with Crippen molar-refractivity contribution >= 4 is 64.3 Å². The molecule has 0 radical (unpaired) electrons. The molecule has 142 valence electrons. The van der Waals surface area contributed by atoms with Crippen LogP contribution in [0.2, 0.25) is 5.02 Å². The van der Waals surface area contributed by atoms with E-state index in [1.165, 1.54) is 24.3 Å². The molecule has 0 spiro atoms. The molecular formula is C19H14ClN3O4S. The van der Waals surface area contributed by atoms with Crippen molar-refractivity contribution in [1.29, 1.82) is 0 Å². The van der Waals surface area contributed by atoms with Gasteiger partial charge in [0.15, 0.2) is 11.0 Å². The number of rotatable bonds is 4. The topological polar surface area (TPSA) is 88.1 Å². The third-order valence-electron chi connectivity index (χ3n) is 3.93. The molecule has 1 aliphatic heterocycles. The van der Waals surface area contributed by atoms with Gasteiger partial charge in [0.1, 0.15) is 0 Å². The third kappa shape index (κ3) is 4.08. The number of aliphatic imine (C=N–C) groups is 1. The summed E-state index contributed by atoms with van der Waals surface area (Å²) in [7, 11) is 1.28. The number of thiocarbonyl (C=S) groups is 1. The van der Waals surface area contributed by atoms with E-state index in [9.17, 15) is 14.4 Å². The normalized spacial score (nSPS) is 17.0. The molecule has 2 amide bonds. The molecule has 3 rings (SSSR count).